The average Bonchev–Trinajstić information content (AvgIpc) is 3.08. The predicted octanol–water partition coefficient (Wildman–Crippen LogP) is 3.21. The van der Waals surface area contributed by atoms with Crippen molar-refractivity contribution < 1.29 is 14.2 Å². The van der Waals surface area contributed by atoms with Crippen LogP contribution in [0, 0.1) is 0 Å². The number of anilines is 1. The van der Waals surface area contributed by atoms with Gasteiger partial charge in [-0.3, -0.25) is 5.10 Å². The highest BCUT2D eigenvalue weighted by Gasteiger charge is 2.06. The van der Waals surface area contributed by atoms with Gasteiger partial charge in [-0.05, 0) is 35.9 Å². The number of hydrogen-bond acceptors (Lipinski definition) is 5. The van der Waals surface area contributed by atoms with Crippen molar-refractivity contribution in [3.63, 3.8) is 0 Å². The topological polar surface area (TPSA) is 68.4 Å². The maximum atomic E-state index is 5.64. The lowest BCUT2D eigenvalue weighted by molar-refractivity contribution is 0.144. The van der Waals surface area contributed by atoms with Crippen molar-refractivity contribution in [1.82, 2.24) is 10.2 Å². The van der Waals surface area contributed by atoms with Gasteiger partial charge in [-0.25, -0.2) is 0 Å². The molecule has 126 valence electrons. The summed E-state index contributed by atoms with van der Waals surface area (Å²) in [4.78, 5) is 0. The van der Waals surface area contributed by atoms with E-state index in [1.54, 1.807) is 14.2 Å². The van der Waals surface area contributed by atoms with Gasteiger partial charge in [-0.1, -0.05) is 6.07 Å². The molecule has 0 fully saturated rings. The van der Waals surface area contributed by atoms with Gasteiger partial charge in [-0.2, -0.15) is 5.10 Å². The second kappa shape index (κ2) is 7.70. The highest BCUT2D eigenvalue weighted by atomic mass is 16.5. The van der Waals surface area contributed by atoms with E-state index in [-0.39, 0.29) is 0 Å². The van der Waals surface area contributed by atoms with Gasteiger partial charge in [0.25, 0.3) is 0 Å². The summed E-state index contributed by atoms with van der Waals surface area (Å²) in [5.74, 6) is 1.44. The SMILES string of the molecule is COCCOc1ccc(CNc2ccc3[nH]ncc3c2)cc1OC. The molecule has 2 aromatic carbocycles. The minimum absolute atomic E-state index is 0.495. The van der Waals surface area contributed by atoms with Crippen LogP contribution in [0.2, 0.25) is 0 Å². The standard InChI is InChI=1S/C18H21N3O3/c1-22-7-8-24-17-6-3-13(9-18(17)23-2)11-19-15-4-5-16-14(10-15)12-20-21-16/h3-6,9-10,12,19H,7-8,11H2,1-2H3,(H,20,21). The number of benzene rings is 2. The molecule has 0 atom stereocenters. The van der Waals surface area contributed by atoms with Gasteiger partial charge >= 0.3 is 0 Å². The second-order valence-electron chi connectivity index (χ2n) is 5.35. The molecule has 0 amide bonds. The van der Waals surface area contributed by atoms with E-state index >= 15 is 0 Å². The van der Waals surface area contributed by atoms with Crippen LogP contribution in [0.25, 0.3) is 10.9 Å². The normalized spacial score (nSPS) is 10.8. The molecule has 0 spiro atoms. The van der Waals surface area contributed by atoms with Crippen LogP contribution in [0.5, 0.6) is 11.5 Å². The maximum absolute atomic E-state index is 5.64. The molecule has 0 saturated heterocycles. The van der Waals surface area contributed by atoms with Crippen LogP contribution in [-0.2, 0) is 11.3 Å². The molecule has 0 unspecified atom stereocenters. The Balaban J connectivity index is 1.65. The summed E-state index contributed by atoms with van der Waals surface area (Å²) in [6.45, 7) is 1.73. The smallest absolute Gasteiger partial charge is 0.161 e. The van der Waals surface area contributed by atoms with Gasteiger partial charge in [0.05, 0.1) is 25.4 Å². The Morgan fingerprint density at radius 2 is 1.96 bits per heavy atom. The molecule has 0 aliphatic carbocycles. The summed E-state index contributed by atoms with van der Waals surface area (Å²) in [6, 6.07) is 12.0. The van der Waals surface area contributed by atoms with E-state index < -0.39 is 0 Å². The van der Waals surface area contributed by atoms with Gasteiger partial charge in [0, 0.05) is 24.7 Å². The average molecular weight is 327 g/mol. The first-order chi connectivity index (χ1) is 11.8. The van der Waals surface area contributed by atoms with Crippen LogP contribution in [0.4, 0.5) is 5.69 Å². The lowest BCUT2D eigenvalue weighted by Gasteiger charge is -2.13. The van der Waals surface area contributed by atoms with Crippen LogP contribution < -0.4 is 14.8 Å². The molecule has 2 N–H and O–H groups in total. The molecule has 3 rings (SSSR count). The van der Waals surface area contributed by atoms with E-state index in [1.807, 2.05) is 36.5 Å². The molecule has 0 radical (unpaired) electrons. The second-order valence-corrected chi connectivity index (χ2v) is 5.35. The van der Waals surface area contributed by atoms with Crippen molar-refractivity contribution in [2.75, 3.05) is 32.8 Å². The van der Waals surface area contributed by atoms with Gasteiger partial charge in [-0.15, -0.1) is 0 Å². The van der Waals surface area contributed by atoms with Crippen molar-refractivity contribution in [3.8, 4) is 11.5 Å². The zero-order valence-electron chi connectivity index (χ0n) is 13.8. The fourth-order valence-corrected chi connectivity index (χ4v) is 2.43. The van der Waals surface area contributed by atoms with Crippen molar-refractivity contribution in [1.29, 1.82) is 0 Å². The van der Waals surface area contributed by atoms with E-state index in [9.17, 15) is 0 Å². The van der Waals surface area contributed by atoms with E-state index in [2.05, 4.69) is 21.6 Å². The molecule has 24 heavy (non-hydrogen) atoms. The molecular weight excluding hydrogens is 306 g/mol. The highest BCUT2D eigenvalue weighted by molar-refractivity contribution is 5.81. The number of aromatic nitrogens is 2. The molecule has 0 bridgehead atoms. The fourth-order valence-electron chi connectivity index (χ4n) is 2.43. The molecule has 3 aromatic rings. The fraction of sp³-hybridized carbons (Fsp3) is 0.278. The molecule has 0 aliphatic rings. The van der Waals surface area contributed by atoms with Crippen molar-refractivity contribution >= 4 is 16.6 Å². The van der Waals surface area contributed by atoms with E-state index in [0.29, 0.717) is 19.8 Å². The minimum Gasteiger partial charge on any atom is -0.493 e. The lowest BCUT2D eigenvalue weighted by Crippen LogP contribution is -2.06. The van der Waals surface area contributed by atoms with Gasteiger partial charge in [0.1, 0.15) is 6.61 Å². The molecule has 6 nitrogen and oxygen atoms in total. The van der Waals surface area contributed by atoms with Crippen molar-refractivity contribution in [3.05, 3.63) is 48.2 Å². The number of nitrogens with zero attached hydrogens (tertiary/aromatic N) is 1. The number of H-pyrrole nitrogens is 1. The Morgan fingerprint density at radius 3 is 2.79 bits per heavy atom. The number of ether oxygens (including phenoxy) is 3. The van der Waals surface area contributed by atoms with E-state index in [0.717, 1.165) is 33.7 Å². The monoisotopic (exact) mass is 327 g/mol. The summed E-state index contributed by atoms with van der Waals surface area (Å²) in [7, 11) is 3.29. The third-order valence-corrected chi connectivity index (χ3v) is 3.71. The Morgan fingerprint density at radius 1 is 1.04 bits per heavy atom. The third-order valence-electron chi connectivity index (χ3n) is 3.71. The van der Waals surface area contributed by atoms with E-state index in [1.165, 1.54) is 0 Å². The zero-order valence-corrected chi connectivity index (χ0v) is 13.8. The summed E-state index contributed by atoms with van der Waals surface area (Å²) in [5, 5.41) is 11.5. The largest absolute Gasteiger partial charge is 0.493 e. The first-order valence-electron chi connectivity index (χ1n) is 7.76. The number of methoxy groups -OCH3 is 2. The summed E-state index contributed by atoms with van der Waals surface area (Å²) >= 11 is 0. The molecule has 0 aliphatic heterocycles. The van der Waals surface area contributed by atoms with Crippen LogP contribution in [0.1, 0.15) is 5.56 Å². The lowest BCUT2D eigenvalue weighted by atomic mass is 10.2. The first-order valence-corrected chi connectivity index (χ1v) is 7.76. The quantitative estimate of drug-likeness (QED) is 0.622. The number of hydrogen-bond donors (Lipinski definition) is 2. The summed E-state index contributed by atoms with van der Waals surface area (Å²) in [5.41, 5.74) is 3.18. The maximum Gasteiger partial charge on any atom is 0.161 e. The molecule has 1 aromatic heterocycles. The zero-order chi connectivity index (χ0) is 16.8. The van der Waals surface area contributed by atoms with Gasteiger partial charge in [0.15, 0.2) is 11.5 Å². The number of nitrogens with one attached hydrogen (secondary N) is 2. The van der Waals surface area contributed by atoms with Crippen LogP contribution in [-0.4, -0.2) is 37.6 Å². The molecule has 1 heterocycles. The highest BCUT2D eigenvalue weighted by Crippen LogP contribution is 2.28. The van der Waals surface area contributed by atoms with Gasteiger partial charge in [0.2, 0.25) is 0 Å². The van der Waals surface area contributed by atoms with E-state index in [4.69, 9.17) is 14.2 Å². The predicted molar refractivity (Wildman–Crippen MR) is 93.8 cm³/mol. The number of fused-ring (bicyclic) bond motifs is 1. The van der Waals surface area contributed by atoms with Gasteiger partial charge < -0.3 is 19.5 Å². The minimum atomic E-state index is 0.495. The Labute approximate surface area is 140 Å². The summed E-state index contributed by atoms with van der Waals surface area (Å²) < 4.78 is 16.0. The van der Waals surface area contributed by atoms with Crippen LogP contribution in [0.15, 0.2) is 42.6 Å². The van der Waals surface area contributed by atoms with Crippen molar-refractivity contribution in [2.24, 2.45) is 0 Å². The Hall–Kier alpha value is -2.73. The van der Waals surface area contributed by atoms with Crippen LogP contribution >= 0.6 is 0 Å². The Bertz CT molecular complexity index is 801. The Kier molecular flexibility index (Phi) is 5.18. The molecule has 6 heteroatoms. The third kappa shape index (κ3) is 3.78. The number of aromatic amines is 1. The first kappa shape index (κ1) is 16.1. The molecular formula is C18H21N3O3. The van der Waals surface area contributed by atoms with Crippen molar-refractivity contribution in [2.45, 2.75) is 6.54 Å². The van der Waals surface area contributed by atoms with Crippen LogP contribution in [0.3, 0.4) is 0 Å². The summed E-state index contributed by atoms with van der Waals surface area (Å²) in [6.07, 6.45) is 1.82. The molecule has 0 saturated carbocycles. The number of rotatable bonds is 8.